The molecule has 2 unspecified atom stereocenters. The molecular weight excluding hydrogens is 178 g/mol. The van der Waals surface area contributed by atoms with E-state index >= 15 is 0 Å². The first-order valence-corrected chi connectivity index (χ1v) is 5.18. The van der Waals surface area contributed by atoms with Gasteiger partial charge in [-0.2, -0.15) is 5.10 Å². The van der Waals surface area contributed by atoms with Crippen molar-refractivity contribution >= 4 is 5.82 Å². The van der Waals surface area contributed by atoms with Crippen LogP contribution in [0.5, 0.6) is 0 Å². The number of hydrogen-bond acceptors (Lipinski definition) is 3. The van der Waals surface area contributed by atoms with Crippen LogP contribution in [0.1, 0.15) is 37.3 Å². The second-order valence-corrected chi connectivity index (χ2v) is 4.10. The third-order valence-electron chi connectivity index (χ3n) is 2.99. The Morgan fingerprint density at radius 2 is 2.21 bits per heavy atom. The highest BCUT2D eigenvalue weighted by atomic mass is 16.3. The first kappa shape index (κ1) is 9.52. The highest BCUT2D eigenvalue weighted by Gasteiger charge is 2.25. The number of aryl methyl sites for hydroxylation is 1. The fourth-order valence-electron chi connectivity index (χ4n) is 2.07. The fraction of sp³-hybridized carbons (Fsp3) is 0.700. The molecule has 0 bridgehead atoms. The van der Waals surface area contributed by atoms with Crippen molar-refractivity contribution in [3.05, 3.63) is 11.8 Å². The van der Waals surface area contributed by atoms with Gasteiger partial charge in [0.15, 0.2) is 0 Å². The zero-order chi connectivity index (χ0) is 10.1. The zero-order valence-electron chi connectivity index (χ0n) is 8.48. The Balaban J connectivity index is 2.20. The van der Waals surface area contributed by atoms with E-state index in [1.165, 1.54) is 6.42 Å². The van der Waals surface area contributed by atoms with Crippen molar-refractivity contribution in [2.45, 2.75) is 44.8 Å². The lowest BCUT2D eigenvalue weighted by Crippen LogP contribution is -2.27. The second-order valence-electron chi connectivity index (χ2n) is 4.10. The average molecular weight is 195 g/mol. The normalized spacial score (nSPS) is 27.9. The molecule has 4 nitrogen and oxygen atoms in total. The largest absolute Gasteiger partial charge is 0.391 e. The minimum Gasteiger partial charge on any atom is -0.391 e. The number of nitrogens with zero attached hydrogens (tertiary/aromatic N) is 2. The molecule has 0 spiro atoms. The van der Waals surface area contributed by atoms with E-state index in [2.05, 4.69) is 5.10 Å². The molecule has 1 aliphatic rings. The topological polar surface area (TPSA) is 64.1 Å². The van der Waals surface area contributed by atoms with Gasteiger partial charge in [0.2, 0.25) is 0 Å². The Morgan fingerprint density at radius 1 is 1.50 bits per heavy atom. The van der Waals surface area contributed by atoms with E-state index in [1.807, 2.05) is 17.8 Å². The van der Waals surface area contributed by atoms with E-state index in [0.29, 0.717) is 5.82 Å². The Labute approximate surface area is 83.7 Å². The van der Waals surface area contributed by atoms with Crippen molar-refractivity contribution in [1.82, 2.24) is 9.78 Å². The monoisotopic (exact) mass is 195 g/mol. The number of anilines is 1. The van der Waals surface area contributed by atoms with Crippen molar-refractivity contribution in [2.75, 3.05) is 5.73 Å². The molecule has 78 valence electrons. The van der Waals surface area contributed by atoms with Crippen molar-refractivity contribution < 1.29 is 5.11 Å². The number of rotatable bonds is 1. The lowest BCUT2D eigenvalue weighted by Gasteiger charge is -2.27. The van der Waals surface area contributed by atoms with Crippen molar-refractivity contribution in [1.29, 1.82) is 0 Å². The van der Waals surface area contributed by atoms with Crippen LogP contribution in [0.2, 0.25) is 0 Å². The number of aromatic nitrogens is 2. The van der Waals surface area contributed by atoms with Crippen LogP contribution < -0.4 is 5.73 Å². The smallest absolute Gasteiger partial charge is 0.148 e. The third-order valence-corrected chi connectivity index (χ3v) is 2.99. The van der Waals surface area contributed by atoms with Crippen LogP contribution >= 0.6 is 0 Å². The molecule has 3 N–H and O–H groups in total. The van der Waals surface area contributed by atoms with Gasteiger partial charge in [-0.15, -0.1) is 0 Å². The minimum atomic E-state index is -0.262. The SMILES string of the molecule is Cc1cn(C2CCCCC2O)nc1N. The Hall–Kier alpha value is -1.03. The van der Waals surface area contributed by atoms with E-state index < -0.39 is 0 Å². The maximum Gasteiger partial charge on any atom is 0.148 e. The summed E-state index contributed by atoms with van der Waals surface area (Å²) in [6.07, 6.45) is 5.83. The molecule has 1 aromatic heterocycles. The predicted octanol–water partition coefficient (Wildman–Crippen LogP) is 1.25. The number of aliphatic hydroxyl groups excluding tert-OH is 1. The third kappa shape index (κ3) is 1.62. The van der Waals surface area contributed by atoms with Crippen molar-refractivity contribution in [3.63, 3.8) is 0 Å². The maximum absolute atomic E-state index is 9.82. The quantitative estimate of drug-likeness (QED) is 0.708. The first-order chi connectivity index (χ1) is 6.68. The average Bonchev–Trinajstić information content (AvgIpc) is 2.48. The molecule has 0 amide bonds. The van der Waals surface area contributed by atoms with E-state index in [1.54, 1.807) is 0 Å². The number of hydrogen-bond donors (Lipinski definition) is 2. The van der Waals surface area contributed by atoms with Crippen LogP contribution in [0.3, 0.4) is 0 Å². The molecule has 2 rings (SSSR count). The van der Waals surface area contributed by atoms with E-state index in [9.17, 15) is 5.11 Å². The molecule has 1 aromatic rings. The molecule has 2 atom stereocenters. The van der Waals surface area contributed by atoms with Crippen LogP contribution in [-0.2, 0) is 0 Å². The lowest BCUT2D eigenvalue weighted by atomic mass is 9.93. The molecule has 1 heterocycles. The molecule has 0 saturated heterocycles. The summed E-state index contributed by atoms with van der Waals surface area (Å²) in [5, 5.41) is 14.0. The summed E-state index contributed by atoms with van der Waals surface area (Å²) >= 11 is 0. The summed E-state index contributed by atoms with van der Waals surface area (Å²) in [6, 6.07) is 0.125. The van der Waals surface area contributed by atoms with Gasteiger partial charge in [-0.25, -0.2) is 0 Å². The van der Waals surface area contributed by atoms with Crippen LogP contribution in [0.25, 0.3) is 0 Å². The maximum atomic E-state index is 9.82. The zero-order valence-corrected chi connectivity index (χ0v) is 8.48. The molecule has 4 heteroatoms. The van der Waals surface area contributed by atoms with Crippen LogP contribution in [-0.4, -0.2) is 21.0 Å². The molecule has 1 saturated carbocycles. The number of nitrogen functional groups attached to an aromatic ring is 1. The molecular formula is C10H17N3O. The number of nitrogens with two attached hydrogens (primary N) is 1. The molecule has 0 aromatic carbocycles. The van der Waals surface area contributed by atoms with Gasteiger partial charge in [-0.1, -0.05) is 12.8 Å². The second kappa shape index (κ2) is 3.61. The summed E-state index contributed by atoms with van der Waals surface area (Å²) in [4.78, 5) is 0. The van der Waals surface area contributed by atoms with Gasteiger partial charge < -0.3 is 10.8 Å². The summed E-state index contributed by atoms with van der Waals surface area (Å²) in [6.45, 7) is 1.94. The Morgan fingerprint density at radius 3 is 2.79 bits per heavy atom. The van der Waals surface area contributed by atoms with Crippen LogP contribution in [0.4, 0.5) is 5.82 Å². The molecule has 0 aliphatic heterocycles. The van der Waals surface area contributed by atoms with Crippen molar-refractivity contribution in [3.8, 4) is 0 Å². The van der Waals surface area contributed by atoms with Gasteiger partial charge in [0.05, 0.1) is 12.1 Å². The van der Waals surface area contributed by atoms with Crippen LogP contribution in [0.15, 0.2) is 6.20 Å². The van der Waals surface area contributed by atoms with Gasteiger partial charge in [0.1, 0.15) is 5.82 Å². The molecule has 1 fully saturated rings. The number of aliphatic hydroxyl groups is 1. The molecule has 14 heavy (non-hydrogen) atoms. The van der Waals surface area contributed by atoms with Gasteiger partial charge in [0.25, 0.3) is 0 Å². The van der Waals surface area contributed by atoms with Gasteiger partial charge in [-0.05, 0) is 19.8 Å². The molecule has 1 aliphatic carbocycles. The standard InChI is InChI=1S/C10H17N3O/c1-7-6-13(12-10(7)11)8-4-2-3-5-9(8)14/h6,8-9,14H,2-5H2,1H3,(H2,11,12). The fourth-order valence-corrected chi connectivity index (χ4v) is 2.07. The summed E-state index contributed by atoms with van der Waals surface area (Å²) in [5.74, 6) is 0.572. The van der Waals surface area contributed by atoms with Crippen molar-refractivity contribution in [2.24, 2.45) is 0 Å². The van der Waals surface area contributed by atoms with E-state index in [4.69, 9.17) is 5.73 Å². The summed E-state index contributed by atoms with van der Waals surface area (Å²) in [7, 11) is 0. The summed E-state index contributed by atoms with van der Waals surface area (Å²) in [5.41, 5.74) is 6.67. The van der Waals surface area contributed by atoms with Gasteiger partial charge >= 0.3 is 0 Å². The predicted molar refractivity (Wildman–Crippen MR) is 54.9 cm³/mol. The minimum absolute atomic E-state index is 0.125. The lowest BCUT2D eigenvalue weighted by molar-refractivity contribution is 0.0696. The summed E-state index contributed by atoms with van der Waals surface area (Å²) < 4.78 is 1.83. The Bertz CT molecular complexity index is 302. The first-order valence-electron chi connectivity index (χ1n) is 5.18. The van der Waals surface area contributed by atoms with E-state index in [-0.39, 0.29) is 12.1 Å². The highest BCUT2D eigenvalue weighted by Crippen LogP contribution is 2.28. The van der Waals surface area contributed by atoms with E-state index in [0.717, 1.165) is 24.8 Å². The highest BCUT2D eigenvalue weighted by molar-refractivity contribution is 5.35. The van der Waals surface area contributed by atoms with Gasteiger partial charge in [-0.3, -0.25) is 4.68 Å². The van der Waals surface area contributed by atoms with Gasteiger partial charge in [0, 0.05) is 11.8 Å². The van der Waals surface area contributed by atoms with Crippen LogP contribution in [0, 0.1) is 6.92 Å². The molecule has 0 radical (unpaired) electrons. The Kier molecular flexibility index (Phi) is 2.46.